The van der Waals surface area contributed by atoms with Gasteiger partial charge >= 0.3 is 0 Å². The number of nitrogens with two attached hydrogens (primary N) is 1. The first-order valence-electron chi connectivity index (χ1n) is 7.25. The summed E-state index contributed by atoms with van der Waals surface area (Å²) in [5.41, 5.74) is 9.99. The van der Waals surface area contributed by atoms with Gasteiger partial charge in [0.05, 0.1) is 7.11 Å². The Hall–Kier alpha value is -1.06. The predicted molar refractivity (Wildman–Crippen MR) is 79.5 cm³/mol. The maximum atomic E-state index is 6.17. The molecule has 1 aromatic rings. The molecule has 3 heteroatoms. The molecule has 1 aliphatic rings. The molecule has 0 heterocycles. The third kappa shape index (κ3) is 3.48. The van der Waals surface area contributed by atoms with Crippen LogP contribution < -0.4 is 15.8 Å². The minimum Gasteiger partial charge on any atom is -0.496 e. The summed E-state index contributed by atoms with van der Waals surface area (Å²) < 4.78 is 5.35. The fourth-order valence-corrected chi connectivity index (χ4v) is 2.91. The Morgan fingerprint density at radius 2 is 1.95 bits per heavy atom. The van der Waals surface area contributed by atoms with Gasteiger partial charge in [-0.1, -0.05) is 18.9 Å². The van der Waals surface area contributed by atoms with Crippen LogP contribution in [0.3, 0.4) is 0 Å². The van der Waals surface area contributed by atoms with E-state index in [2.05, 4.69) is 31.3 Å². The van der Waals surface area contributed by atoms with Crippen LogP contribution in [0.4, 0.5) is 0 Å². The number of nitrogens with one attached hydrogen (secondary N) is 1. The molecule has 0 amide bonds. The van der Waals surface area contributed by atoms with E-state index in [1.807, 2.05) is 0 Å². The van der Waals surface area contributed by atoms with Gasteiger partial charge in [-0.25, -0.2) is 0 Å². The zero-order chi connectivity index (χ0) is 13.8. The van der Waals surface area contributed by atoms with E-state index >= 15 is 0 Å². The minimum absolute atomic E-state index is 0.313. The van der Waals surface area contributed by atoms with Crippen LogP contribution in [0.25, 0.3) is 0 Å². The van der Waals surface area contributed by atoms with Gasteiger partial charge in [-0.05, 0) is 49.4 Å². The van der Waals surface area contributed by atoms with Gasteiger partial charge in [0.25, 0.3) is 0 Å². The van der Waals surface area contributed by atoms with E-state index in [1.165, 1.54) is 36.0 Å². The highest BCUT2D eigenvalue weighted by atomic mass is 16.5. The molecule has 3 N–H and O–H groups in total. The van der Waals surface area contributed by atoms with E-state index in [4.69, 9.17) is 10.5 Å². The lowest BCUT2D eigenvalue weighted by Gasteiger charge is -2.29. The molecule has 0 radical (unpaired) electrons. The van der Waals surface area contributed by atoms with Gasteiger partial charge in [0.2, 0.25) is 0 Å². The fraction of sp³-hybridized carbons (Fsp3) is 0.625. The van der Waals surface area contributed by atoms with E-state index in [-0.39, 0.29) is 0 Å². The maximum absolute atomic E-state index is 6.17. The van der Waals surface area contributed by atoms with Crippen molar-refractivity contribution in [3.05, 3.63) is 28.8 Å². The molecular weight excluding hydrogens is 236 g/mol. The second-order valence-electron chi connectivity index (χ2n) is 5.68. The van der Waals surface area contributed by atoms with E-state index in [9.17, 15) is 0 Å². The van der Waals surface area contributed by atoms with Crippen molar-refractivity contribution in [2.24, 2.45) is 5.73 Å². The van der Waals surface area contributed by atoms with Gasteiger partial charge in [-0.15, -0.1) is 0 Å². The molecule has 2 unspecified atom stereocenters. The zero-order valence-corrected chi connectivity index (χ0v) is 12.3. The van der Waals surface area contributed by atoms with Gasteiger partial charge in [0, 0.05) is 18.6 Å². The highest BCUT2D eigenvalue weighted by Crippen LogP contribution is 2.23. The topological polar surface area (TPSA) is 47.3 Å². The number of ether oxygens (including phenoxy) is 1. The van der Waals surface area contributed by atoms with Crippen molar-refractivity contribution in [2.75, 3.05) is 7.11 Å². The molecule has 1 saturated carbocycles. The van der Waals surface area contributed by atoms with Crippen molar-refractivity contribution in [3.63, 3.8) is 0 Å². The number of rotatable bonds is 4. The lowest BCUT2D eigenvalue weighted by molar-refractivity contribution is 0.326. The second kappa shape index (κ2) is 6.40. The van der Waals surface area contributed by atoms with Crippen molar-refractivity contribution < 1.29 is 4.74 Å². The normalized spacial score (nSPS) is 23.4. The Kier molecular flexibility index (Phi) is 4.83. The molecule has 106 valence electrons. The van der Waals surface area contributed by atoms with Crippen molar-refractivity contribution in [2.45, 2.75) is 58.2 Å². The molecule has 0 aromatic heterocycles. The Balaban J connectivity index is 2.01. The van der Waals surface area contributed by atoms with Crippen molar-refractivity contribution in [1.29, 1.82) is 0 Å². The Bertz CT molecular complexity index is 431. The average Bonchev–Trinajstić information content (AvgIpc) is 2.41. The number of hydrogen-bond acceptors (Lipinski definition) is 3. The van der Waals surface area contributed by atoms with E-state index < -0.39 is 0 Å². The van der Waals surface area contributed by atoms with Crippen LogP contribution in [-0.4, -0.2) is 19.2 Å². The summed E-state index contributed by atoms with van der Waals surface area (Å²) in [7, 11) is 1.72. The monoisotopic (exact) mass is 262 g/mol. The fourth-order valence-electron chi connectivity index (χ4n) is 2.91. The van der Waals surface area contributed by atoms with Gasteiger partial charge in [-0.2, -0.15) is 0 Å². The lowest BCUT2D eigenvalue weighted by Crippen LogP contribution is -2.46. The minimum atomic E-state index is 0.313. The first-order chi connectivity index (χ1) is 9.11. The van der Waals surface area contributed by atoms with Crippen LogP contribution in [0.1, 0.15) is 42.4 Å². The summed E-state index contributed by atoms with van der Waals surface area (Å²) in [4.78, 5) is 0. The summed E-state index contributed by atoms with van der Waals surface area (Å²) in [6.45, 7) is 5.13. The molecule has 0 spiro atoms. The highest BCUT2D eigenvalue weighted by Gasteiger charge is 2.21. The van der Waals surface area contributed by atoms with Crippen LogP contribution >= 0.6 is 0 Å². The summed E-state index contributed by atoms with van der Waals surface area (Å²) in [6.07, 6.45) is 4.93. The highest BCUT2D eigenvalue weighted by molar-refractivity contribution is 5.41. The van der Waals surface area contributed by atoms with Crippen LogP contribution in [0.5, 0.6) is 5.75 Å². The van der Waals surface area contributed by atoms with E-state index in [0.717, 1.165) is 18.7 Å². The number of benzene rings is 1. The Morgan fingerprint density at radius 3 is 2.63 bits per heavy atom. The Labute approximate surface area is 116 Å². The quantitative estimate of drug-likeness (QED) is 0.877. The summed E-state index contributed by atoms with van der Waals surface area (Å²) in [6, 6.07) is 5.12. The van der Waals surface area contributed by atoms with E-state index in [1.54, 1.807) is 7.11 Å². The summed E-state index contributed by atoms with van der Waals surface area (Å²) >= 11 is 0. The molecule has 0 bridgehead atoms. The van der Waals surface area contributed by atoms with Crippen LogP contribution in [0.2, 0.25) is 0 Å². The summed E-state index contributed by atoms with van der Waals surface area (Å²) in [5, 5.41) is 3.63. The number of aryl methyl sites for hydroxylation is 2. The van der Waals surface area contributed by atoms with Gasteiger partial charge in [0.15, 0.2) is 0 Å². The van der Waals surface area contributed by atoms with Crippen LogP contribution in [-0.2, 0) is 6.54 Å². The molecule has 1 aliphatic carbocycles. The first-order valence-corrected chi connectivity index (χ1v) is 7.25. The van der Waals surface area contributed by atoms with Gasteiger partial charge < -0.3 is 15.8 Å². The zero-order valence-electron chi connectivity index (χ0n) is 12.3. The van der Waals surface area contributed by atoms with Crippen molar-refractivity contribution >= 4 is 0 Å². The third-order valence-electron chi connectivity index (χ3n) is 4.23. The number of hydrogen-bond donors (Lipinski definition) is 2. The van der Waals surface area contributed by atoms with Gasteiger partial charge in [0.1, 0.15) is 5.75 Å². The second-order valence-corrected chi connectivity index (χ2v) is 5.68. The molecule has 2 atom stereocenters. The lowest BCUT2D eigenvalue weighted by atomic mass is 9.91. The third-order valence-corrected chi connectivity index (χ3v) is 4.23. The molecule has 2 rings (SSSR count). The molecule has 0 aliphatic heterocycles. The van der Waals surface area contributed by atoms with Crippen molar-refractivity contribution in [3.8, 4) is 5.75 Å². The molecule has 19 heavy (non-hydrogen) atoms. The standard InChI is InChI=1S/C16H26N2O/c1-11-9-16(19-3)12(2)8-13(11)10-18-15-7-5-4-6-14(15)17/h8-9,14-15,18H,4-7,10,17H2,1-3H3. The van der Waals surface area contributed by atoms with Crippen LogP contribution in [0, 0.1) is 13.8 Å². The summed E-state index contributed by atoms with van der Waals surface area (Å²) in [5.74, 6) is 0.968. The SMILES string of the molecule is COc1cc(C)c(CNC2CCCCC2N)cc1C. The predicted octanol–water partition coefficient (Wildman–Crippen LogP) is 2.67. The molecular formula is C16H26N2O. The molecule has 3 nitrogen and oxygen atoms in total. The maximum Gasteiger partial charge on any atom is 0.122 e. The van der Waals surface area contributed by atoms with E-state index in [0.29, 0.717) is 12.1 Å². The first kappa shape index (κ1) is 14.4. The molecule has 0 saturated heterocycles. The molecule has 1 fully saturated rings. The smallest absolute Gasteiger partial charge is 0.122 e. The average molecular weight is 262 g/mol. The van der Waals surface area contributed by atoms with Crippen LogP contribution in [0.15, 0.2) is 12.1 Å². The molecule has 1 aromatic carbocycles. The van der Waals surface area contributed by atoms with Gasteiger partial charge in [-0.3, -0.25) is 0 Å². The largest absolute Gasteiger partial charge is 0.496 e. The van der Waals surface area contributed by atoms with Crippen molar-refractivity contribution in [1.82, 2.24) is 5.32 Å². The number of methoxy groups -OCH3 is 1. The Morgan fingerprint density at radius 1 is 1.21 bits per heavy atom.